The Labute approximate surface area is 179 Å². The fourth-order valence-electron chi connectivity index (χ4n) is 4.66. The quantitative estimate of drug-likeness (QED) is 0.677. The lowest BCUT2D eigenvalue weighted by Gasteiger charge is -2.41. The molecule has 2 aliphatic rings. The van der Waals surface area contributed by atoms with Crippen LogP contribution in [-0.2, 0) is 20.7 Å². The largest absolute Gasteiger partial charge is 0.466 e. The van der Waals surface area contributed by atoms with Crippen molar-refractivity contribution in [3.63, 3.8) is 0 Å². The van der Waals surface area contributed by atoms with Gasteiger partial charge in [0.05, 0.1) is 18.1 Å². The van der Waals surface area contributed by atoms with E-state index in [1.54, 1.807) is 0 Å². The molecule has 0 aromatic heterocycles. The van der Waals surface area contributed by atoms with Crippen LogP contribution in [0.3, 0.4) is 0 Å². The molecule has 29 heavy (non-hydrogen) atoms. The van der Waals surface area contributed by atoms with Crippen molar-refractivity contribution >= 4 is 23.5 Å². The number of rotatable bonds is 5. The van der Waals surface area contributed by atoms with Crippen molar-refractivity contribution < 1.29 is 14.3 Å². The van der Waals surface area contributed by atoms with E-state index in [1.807, 2.05) is 36.1 Å². The summed E-state index contributed by atoms with van der Waals surface area (Å²) in [7, 11) is 2.06. The molecule has 0 unspecified atom stereocenters. The standard InChI is InChI=1S/C23H33ClN2O3/c1-3-29-22(28)23(17-18-8-10-19(24)11-9-18)12-15-26(16-13-23)21(27)20-7-5-4-6-14-25(20)2/h8-11,20H,3-7,12-17H2,1-2H3/t20-/m0/s1. The second-order valence-corrected chi connectivity index (χ2v) is 8.91. The predicted molar refractivity (Wildman–Crippen MR) is 115 cm³/mol. The molecule has 2 fully saturated rings. The van der Waals surface area contributed by atoms with Gasteiger partial charge in [-0.15, -0.1) is 0 Å². The van der Waals surface area contributed by atoms with Crippen LogP contribution in [0.5, 0.6) is 0 Å². The van der Waals surface area contributed by atoms with Crippen LogP contribution in [0.4, 0.5) is 0 Å². The molecule has 1 aromatic carbocycles. The first-order valence-electron chi connectivity index (χ1n) is 10.9. The number of hydrogen-bond donors (Lipinski definition) is 0. The number of amides is 1. The fraction of sp³-hybridized carbons (Fsp3) is 0.652. The van der Waals surface area contributed by atoms with Crippen LogP contribution in [-0.4, -0.2) is 61.0 Å². The third kappa shape index (κ3) is 5.32. The van der Waals surface area contributed by atoms with Crippen molar-refractivity contribution in [2.45, 2.75) is 57.9 Å². The van der Waals surface area contributed by atoms with E-state index >= 15 is 0 Å². The lowest BCUT2D eigenvalue weighted by Crippen LogP contribution is -2.53. The molecule has 0 saturated carbocycles. The first-order valence-corrected chi connectivity index (χ1v) is 11.2. The van der Waals surface area contributed by atoms with Crippen molar-refractivity contribution in [1.82, 2.24) is 9.80 Å². The number of benzene rings is 1. The molecule has 0 spiro atoms. The maximum absolute atomic E-state index is 13.2. The number of nitrogens with zero attached hydrogens (tertiary/aromatic N) is 2. The summed E-state index contributed by atoms with van der Waals surface area (Å²) < 4.78 is 5.45. The van der Waals surface area contributed by atoms with Gasteiger partial charge in [-0.25, -0.2) is 0 Å². The van der Waals surface area contributed by atoms with E-state index in [-0.39, 0.29) is 17.9 Å². The van der Waals surface area contributed by atoms with Gasteiger partial charge >= 0.3 is 5.97 Å². The summed E-state index contributed by atoms with van der Waals surface area (Å²) in [5, 5.41) is 0.687. The number of halogens is 1. The van der Waals surface area contributed by atoms with Crippen LogP contribution in [0, 0.1) is 5.41 Å². The maximum Gasteiger partial charge on any atom is 0.312 e. The predicted octanol–water partition coefficient (Wildman–Crippen LogP) is 3.93. The third-order valence-electron chi connectivity index (χ3n) is 6.50. The summed E-state index contributed by atoms with van der Waals surface area (Å²) in [5.74, 6) is 0.0759. The minimum Gasteiger partial charge on any atom is -0.466 e. The van der Waals surface area contributed by atoms with Crippen molar-refractivity contribution in [3.05, 3.63) is 34.9 Å². The van der Waals surface area contributed by atoms with E-state index < -0.39 is 5.41 Å². The van der Waals surface area contributed by atoms with E-state index in [2.05, 4.69) is 11.9 Å². The molecule has 5 nitrogen and oxygen atoms in total. The summed E-state index contributed by atoms with van der Waals surface area (Å²) in [5.41, 5.74) is 0.501. The van der Waals surface area contributed by atoms with Crippen LogP contribution < -0.4 is 0 Å². The van der Waals surface area contributed by atoms with Crippen LogP contribution >= 0.6 is 11.6 Å². The molecule has 2 aliphatic heterocycles. The van der Waals surface area contributed by atoms with E-state index in [9.17, 15) is 9.59 Å². The first-order chi connectivity index (χ1) is 13.9. The lowest BCUT2D eigenvalue weighted by molar-refractivity contribution is -0.161. The number of carbonyl (C=O) groups is 2. The van der Waals surface area contributed by atoms with Crippen molar-refractivity contribution in [2.75, 3.05) is 33.3 Å². The molecule has 0 bridgehead atoms. The average molecular weight is 421 g/mol. The minimum atomic E-state index is -0.573. The zero-order valence-electron chi connectivity index (χ0n) is 17.7. The van der Waals surface area contributed by atoms with Gasteiger partial charge in [-0.3, -0.25) is 14.5 Å². The molecule has 0 radical (unpaired) electrons. The lowest BCUT2D eigenvalue weighted by atomic mass is 9.73. The van der Waals surface area contributed by atoms with Gasteiger partial charge in [0.15, 0.2) is 0 Å². The molecule has 1 aromatic rings. The molecule has 1 atom stereocenters. The summed E-state index contributed by atoms with van der Waals surface area (Å²) in [6.45, 7) is 4.41. The van der Waals surface area contributed by atoms with E-state index in [4.69, 9.17) is 16.3 Å². The number of piperidine rings is 1. The molecule has 0 N–H and O–H groups in total. The highest BCUT2D eigenvalue weighted by Crippen LogP contribution is 2.37. The monoisotopic (exact) mass is 420 g/mol. The molecule has 3 rings (SSSR count). The summed E-state index contributed by atoms with van der Waals surface area (Å²) in [6.07, 6.45) is 6.29. The Kier molecular flexibility index (Phi) is 7.58. The Morgan fingerprint density at radius 1 is 1.10 bits per heavy atom. The van der Waals surface area contributed by atoms with Gasteiger partial charge in [0.2, 0.25) is 5.91 Å². The third-order valence-corrected chi connectivity index (χ3v) is 6.75. The highest BCUT2D eigenvalue weighted by Gasteiger charge is 2.44. The molecule has 6 heteroatoms. The zero-order chi connectivity index (χ0) is 20.9. The maximum atomic E-state index is 13.2. The zero-order valence-corrected chi connectivity index (χ0v) is 18.4. The molecule has 1 amide bonds. The number of ether oxygens (including phenoxy) is 1. The fourth-order valence-corrected chi connectivity index (χ4v) is 4.79. The van der Waals surface area contributed by atoms with Gasteiger partial charge in [0, 0.05) is 18.1 Å². The molecular formula is C23H33ClN2O3. The SMILES string of the molecule is CCOC(=O)C1(Cc2ccc(Cl)cc2)CCN(C(=O)[C@@H]2CCCCCN2C)CC1. The van der Waals surface area contributed by atoms with Crippen LogP contribution in [0.1, 0.15) is 51.0 Å². The average Bonchev–Trinajstić information content (AvgIpc) is 2.94. The Bertz CT molecular complexity index is 699. The van der Waals surface area contributed by atoms with Crippen molar-refractivity contribution in [1.29, 1.82) is 0 Å². The van der Waals surface area contributed by atoms with Crippen LogP contribution in [0.15, 0.2) is 24.3 Å². The topological polar surface area (TPSA) is 49.9 Å². The second-order valence-electron chi connectivity index (χ2n) is 8.48. The summed E-state index contributed by atoms with van der Waals surface area (Å²) in [4.78, 5) is 30.2. The molecule has 2 heterocycles. The van der Waals surface area contributed by atoms with Gasteiger partial charge < -0.3 is 9.64 Å². The highest BCUT2D eigenvalue weighted by atomic mass is 35.5. The Hall–Kier alpha value is -1.59. The van der Waals surface area contributed by atoms with E-state index in [0.717, 1.165) is 31.4 Å². The Morgan fingerprint density at radius 2 is 1.79 bits per heavy atom. The molecular weight excluding hydrogens is 388 g/mol. The highest BCUT2D eigenvalue weighted by molar-refractivity contribution is 6.30. The molecule has 2 saturated heterocycles. The van der Waals surface area contributed by atoms with Gasteiger partial charge in [-0.1, -0.05) is 36.6 Å². The smallest absolute Gasteiger partial charge is 0.312 e. The summed E-state index contributed by atoms with van der Waals surface area (Å²) >= 11 is 6.01. The van der Waals surface area contributed by atoms with E-state index in [1.165, 1.54) is 6.42 Å². The Balaban J connectivity index is 1.70. The van der Waals surface area contributed by atoms with Gasteiger partial charge in [-0.2, -0.15) is 0 Å². The Morgan fingerprint density at radius 3 is 2.45 bits per heavy atom. The number of hydrogen-bond acceptors (Lipinski definition) is 4. The number of likely N-dealkylation sites (N-methyl/N-ethyl adjacent to an activating group) is 1. The van der Waals surface area contributed by atoms with Crippen molar-refractivity contribution in [3.8, 4) is 0 Å². The van der Waals surface area contributed by atoms with Crippen LogP contribution in [0.2, 0.25) is 5.02 Å². The van der Waals surface area contributed by atoms with Gasteiger partial charge in [0.1, 0.15) is 0 Å². The molecule has 0 aliphatic carbocycles. The molecule has 160 valence electrons. The summed E-state index contributed by atoms with van der Waals surface area (Å²) in [6, 6.07) is 7.64. The number of likely N-dealkylation sites (tertiary alicyclic amines) is 2. The van der Waals surface area contributed by atoms with Gasteiger partial charge in [-0.05, 0) is 70.3 Å². The number of carbonyl (C=O) groups excluding carboxylic acids is 2. The minimum absolute atomic E-state index is 0.0242. The van der Waals surface area contributed by atoms with E-state index in [0.29, 0.717) is 44.0 Å². The first kappa shape index (κ1) is 22.1. The number of esters is 1. The normalized spacial score (nSPS) is 22.7. The van der Waals surface area contributed by atoms with Crippen LogP contribution in [0.25, 0.3) is 0 Å². The van der Waals surface area contributed by atoms with Gasteiger partial charge in [0.25, 0.3) is 0 Å². The second kappa shape index (κ2) is 9.94. The van der Waals surface area contributed by atoms with Crippen molar-refractivity contribution in [2.24, 2.45) is 5.41 Å².